The monoisotopic (exact) mass is 263 g/mol. The number of halogens is 2. The first-order chi connectivity index (χ1) is 9.06. The summed E-state index contributed by atoms with van der Waals surface area (Å²) < 4.78 is 31.5. The van der Waals surface area contributed by atoms with Crippen molar-refractivity contribution in [3.05, 3.63) is 65.2 Å². The van der Waals surface area contributed by atoms with Crippen LogP contribution < -0.4 is 10.5 Å². The summed E-state index contributed by atoms with van der Waals surface area (Å²) in [5, 5.41) is 0. The molecule has 0 radical (unpaired) electrons. The molecule has 0 amide bonds. The highest BCUT2D eigenvalue weighted by Crippen LogP contribution is 2.25. The van der Waals surface area contributed by atoms with Crippen molar-refractivity contribution >= 4 is 0 Å². The van der Waals surface area contributed by atoms with Crippen LogP contribution in [0.4, 0.5) is 8.78 Å². The molecule has 19 heavy (non-hydrogen) atoms. The number of benzene rings is 2. The van der Waals surface area contributed by atoms with Crippen LogP contribution in [-0.2, 0) is 6.61 Å². The van der Waals surface area contributed by atoms with Gasteiger partial charge < -0.3 is 10.5 Å². The van der Waals surface area contributed by atoms with Crippen LogP contribution in [0.3, 0.4) is 0 Å². The molecule has 2 aromatic carbocycles. The molecule has 1 atom stereocenters. The first kappa shape index (κ1) is 13.5. The van der Waals surface area contributed by atoms with Gasteiger partial charge in [-0.15, -0.1) is 0 Å². The van der Waals surface area contributed by atoms with E-state index in [1.165, 1.54) is 24.3 Å². The van der Waals surface area contributed by atoms with Crippen molar-refractivity contribution in [2.24, 2.45) is 5.73 Å². The molecule has 0 spiro atoms. The summed E-state index contributed by atoms with van der Waals surface area (Å²) in [4.78, 5) is 0. The van der Waals surface area contributed by atoms with Gasteiger partial charge in [0.1, 0.15) is 24.0 Å². The first-order valence-electron chi connectivity index (χ1n) is 5.98. The molecule has 0 heterocycles. The maximum Gasteiger partial charge on any atom is 0.127 e. The summed E-state index contributed by atoms with van der Waals surface area (Å²) in [5.41, 5.74) is 7.35. The highest BCUT2D eigenvalue weighted by atomic mass is 19.1. The minimum Gasteiger partial charge on any atom is -0.488 e. The summed E-state index contributed by atoms with van der Waals surface area (Å²) in [7, 11) is 0. The zero-order valence-electron chi connectivity index (χ0n) is 10.6. The molecule has 0 saturated heterocycles. The Bertz CT molecular complexity index is 553. The Hall–Kier alpha value is -1.94. The number of ether oxygens (including phenoxy) is 1. The Morgan fingerprint density at radius 3 is 2.32 bits per heavy atom. The summed E-state index contributed by atoms with van der Waals surface area (Å²) in [6, 6.07) is 9.99. The molecule has 2 aromatic rings. The van der Waals surface area contributed by atoms with E-state index in [9.17, 15) is 8.78 Å². The highest BCUT2D eigenvalue weighted by Gasteiger charge is 2.09. The van der Waals surface area contributed by atoms with Crippen molar-refractivity contribution < 1.29 is 13.5 Å². The number of hydrogen-bond donors (Lipinski definition) is 1. The molecule has 0 unspecified atom stereocenters. The molecular formula is C15H15F2NO. The topological polar surface area (TPSA) is 35.2 Å². The normalized spacial score (nSPS) is 12.2. The molecule has 2 N–H and O–H groups in total. The van der Waals surface area contributed by atoms with Gasteiger partial charge in [-0.05, 0) is 30.7 Å². The van der Waals surface area contributed by atoms with Crippen LogP contribution >= 0.6 is 0 Å². The highest BCUT2D eigenvalue weighted by molar-refractivity contribution is 5.36. The van der Waals surface area contributed by atoms with Crippen molar-refractivity contribution in [1.82, 2.24) is 0 Å². The van der Waals surface area contributed by atoms with Crippen molar-refractivity contribution in [2.45, 2.75) is 19.6 Å². The Morgan fingerprint density at radius 1 is 1.05 bits per heavy atom. The van der Waals surface area contributed by atoms with Gasteiger partial charge in [-0.1, -0.05) is 18.2 Å². The van der Waals surface area contributed by atoms with E-state index in [4.69, 9.17) is 10.5 Å². The molecule has 0 fully saturated rings. The van der Waals surface area contributed by atoms with Crippen LogP contribution in [0.1, 0.15) is 24.1 Å². The standard InChI is InChI=1S/C15H15F2NO/c1-10(18)14-7-6-13(17)8-15(14)19-9-11-2-4-12(16)5-3-11/h2-8,10H,9,18H2,1H3/t10-/m0/s1. The van der Waals surface area contributed by atoms with Crippen LogP contribution in [0, 0.1) is 11.6 Å². The lowest BCUT2D eigenvalue weighted by molar-refractivity contribution is 0.299. The van der Waals surface area contributed by atoms with Gasteiger partial charge in [-0.25, -0.2) is 8.78 Å². The van der Waals surface area contributed by atoms with E-state index in [0.29, 0.717) is 5.75 Å². The Labute approximate surface area is 110 Å². The van der Waals surface area contributed by atoms with Crippen LogP contribution in [0.15, 0.2) is 42.5 Å². The van der Waals surface area contributed by atoms with E-state index in [-0.39, 0.29) is 24.3 Å². The number of nitrogens with two attached hydrogens (primary N) is 1. The minimum atomic E-state index is -0.376. The van der Waals surface area contributed by atoms with Gasteiger partial charge in [0.15, 0.2) is 0 Å². The number of rotatable bonds is 4. The maximum absolute atomic E-state index is 13.2. The largest absolute Gasteiger partial charge is 0.488 e. The van der Waals surface area contributed by atoms with E-state index in [0.717, 1.165) is 11.1 Å². The fraction of sp³-hybridized carbons (Fsp3) is 0.200. The smallest absolute Gasteiger partial charge is 0.127 e. The molecule has 0 aliphatic rings. The van der Waals surface area contributed by atoms with Gasteiger partial charge >= 0.3 is 0 Å². The Morgan fingerprint density at radius 2 is 1.68 bits per heavy atom. The fourth-order valence-electron chi connectivity index (χ4n) is 1.75. The van der Waals surface area contributed by atoms with E-state index in [2.05, 4.69) is 0 Å². The average Bonchev–Trinajstić information content (AvgIpc) is 2.38. The van der Waals surface area contributed by atoms with E-state index in [1.54, 1.807) is 25.1 Å². The van der Waals surface area contributed by atoms with Crippen LogP contribution in [0.5, 0.6) is 5.75 Å². The van der Waals surface area contributed by atoms with Gasteiger partial charge in [0, 0.05) is 17.7 Å². The lowest BCUT2D eigenvalue weighted by Gasteiger charge is -2.14. The van der Waals surface area contributed by atoms with Crippen molar-refractivity contribution in [1.29, 1.82) is 0 Å². The second-order valence-corrected chi connectivity index (χ2v) is 4.39. The summed E-state index contributed by atoms with van der Waals surface area (Å²) in [5.74, 6) is -0.261. The third-order valence-corrected chi connectivity index (χ3v) is 2.77. The minimum absolute atomic E-state index is 0.240. The molecule has 0 saturated carbocycles. The van der Waals surface area contributed by atoms with Crippen molar-refractivity contribution in [3.63, 3.8) is 0 Å². The molecule has 2 nitrogen and oxygen atoms in total. The third-order valence-electron chi connectivity index (χ3n) is 2.77. The van der Waals surface area contributed by atoms with Crippen LogP contribution in [0.2, 0.25) is 0 Å². The lowest BCUT2D eigenvalue weighted by Crippen LogP contribution is -2.08. The zero-order valence-corrected chi connectivity index (χ0v) is 10.6. The second-order valence-electron chi connectivity index (χ2n) is 4.39. The third kappa shape index (κ3) is 3.51. The Balaban J connectivity index is 2.14. The quantitative estimate of drug-likeness (QED) is 0.915. The zero-order chi connectivity index (χ0) is 13.8. The van der Waals surface area contributed by atoms with E-state index >= 15 is 0 Å². The molecule has 2 rings (SSSR count). The summed E-state index contributed by atoms with van der Waals surface area (Å²) in [6.45, 7) is 2.04. The molecule has 0 aromatic heterocycles. The molecule has 100 valence electrons. The molecule has 0 aliphatic carbocycles. The van der Waals surface area contributed by atoms with Gasteiger partial charge in [-0.3, -0.25) is 0 Å². The lowest BCUT2D eigenvalue weighted by atomic mass is 10.1. The average molecular weight is 263 g/mol. The van der Waals surface area contributed by atoms with E-state index < -0.39 is 0 Å². The SMILES string of the molecule is C[C@H](N)c1ccc(F)cc1OCc1ccc(F)cc1. The first-order valence-corrected chi connectivity index (χ1v) is 5.98. The van der Waals surface area contributed by atoms with Gasteiger partial charge in [-0.2, -0.15) is 0 Å². The van der Waals surface area contributed by atoms with Crippen LogP contribution in [-0.4, -0.2) is 0 Å². The maximum atomic E-state index is 13.2. The Kier molecular flexibility index (Phi) is 4.12. The van der Waals surface area contributed by atoms with Gasteiger partial charge in [0.25, 0.3) is 0 Å². The fourth-order valence-corrected chi connectivity index (χ4v) is 1.75. The summed E-state index contributed by atoms with van der Waals surface area (Å²) in [6.07, 6.45) is 0. The van der Waals surface area contributed by atoms with Crippen LogP contribution in [0.25, 0.3) is 0 Å². The van der Waals surface area contributed by atoms with Crippen molar-refractivity contribution in [2.75, 3.05) is 0 Å². The van der Waals surface area contributed by atoms with E-state index in [1.807, 2.05) is 0 Å². The molecular weight excluding hydrogens is 248 g/mol. The predicted molar refractivity (Wildman–Crippen MR) is 69.7 cm³/mol. The van der Waals surface area contributed by atoms with Gasteiger partial charge in [0.05, 0.1) is 0 Å². The molecule has 0 bridgehead atoms. The molecule has 4 heteroatoms. The van der Waals surface area contributed by atoms with Crippen molar-refractivity contribution in [3.8, 4) is 5.75 Å². The summed E-state index contributed by atoms with van der Waals surface area (Å²) >= 11 is 0. The second kappa shape index (κ2) is 5.80. The number of hydrogen-bond acceptors (Lipinski definition) is 2. The van der Waals surface area contributed by atoms with Gasteiger partial charge in [0.2, 0.25) is 0 Å². The molecule has 0 aliphatic heterocycles. The predicted octanol–water partition coefficient (Wildman–Crippen LogP) is 3.56.